The number of piperidine rings is 1. The summed E-state index contributed by atoms with van der Waals surface area (Å²) in [4.78, 5) is 11.3. The van der Waals surface area contributed by atoms with Gasteiger partial charge in [0.1, 0.15) is 15.7 Å². The summed E-state index contributed by atoms with van der Waals surface area (Å²) in [6, 6.07) is 11.5. The minimum absolute atomic E-state index is 0.265. The van der Waals surface area contributed by atoms with Crippen LogP contribution in [0.1, 0.15) is 24.3 Å². The van der Waals surface area contributed by atoms with E-state index in [4.69, 9.17) is 0 Å². The van der Waals surface area contributed by atoms with Gasteiger partial charge in [-0.15, -0.1) is 11.3 Å². The van der Waals surface area contributed by atoms with Crippen LogP contribution in [0.2, 0.25) is 0 Å². The molecule has 1 aliphatic rings. The van der Waals surface area contributed by atoms with E-state index < -0.39 is 10.0 Å². The number of para-hydroxylation sites is 1. The predicted octanol–water partition coefficient (Wildman–Crippen LogP) is 3.50. The van der Waals surface area contributed by atoms with Crippen molar-refractivity contribution in [3.8, 4) is 0 Å². The second-order valence-electron chi connectivity index (χ2n) is 6.75. The number of nitrogens with zero attached hydrogens (tertiary/aromatic N) is 4. The third-order valence-electron chi connectivity index (χ3n) is 4.78. The number of rotatable bonds is 5. The van der Waals surface area contributed by atoms with Crippen molar-refractivity contribution < 1.29 is 8.42 Å². The quantitative estimate of drug-likeness (QED) is 0.653. The van der Waals surface area contributed by atoms with E-state index in [1.54, 1.807) is 27.8 Å². The molecule has 1 saturated heterocycles. The topological polar surface area (TPSA) is 66.4 Å². The number of fused-ring (bicyclic) bond motifs is 1. The lowest BCUT2D eigenvalue weighted by molar-refractivity contribution is 0.346. The molecule has 27 heavy (non-hydrogen) atoms. The molecule has 8 heteroatoms. The van der Waals surface area contributed by atoms with Gasteiger partial charge in [0.15, 0.2) is 0 Å². The van der Waals surface area contributed by atoms with Crippen molar-refractivity contribution in [1.82, 2.24) is 14.3 Å². The van der Waals surface area contributed by atoms with Gasteiger partial charge in [0, 0.05) is 26.3 Å². The molecule has 0 bridgehead atoms. The monoisotopic (exact) mass is 402 g/mol. The van der Waals surface area contributed by atoms with Crippen LogP contribution in [0.5, 0.6) is 0 Å². The van der Waals surface area contributed by atoms with Crippen molar-refractivity contribution in [2.75, 3.05) is 25.0 Å². The number of thiazole rings is 1. The Morgan fingerprint density at radius 3 is 2.59 bits per heavy atom. The van der Waals surface area contributed by atoms with Crippen LogP contribution < -0.4 is 4.90 Å². The molecule has 142 valence electrons. The molecule has 0 atom stereocenters. The smallest absolute Gasteiger partial charge is 0.244 e. The first-order chi connectivity index (χ1) is 13.0. The summed E-state index contributed by atoms with van der Waals surface area (Å²) in [5.41, 5.74) is 1.00. The molecule has 0 spiro atoms. The first-order valence-corrected chi connectivity index (χ1v) is 11.3. The van der Waals surface area contributed by atoms with Crippen molar-refractivity contribution in [3.05, 3.63) is 47.6 Å². The number of benzene rings is 1. The summed E-state index contributed by atoms with van der Waals surface area (Å²) >= 11 is 1.66. The second-order valence-corrected chi connectivity index (χ2v) is 9.80. The SMILES string of the molecule is CN(Cc1nc2ccccc2s1)c1ccc(S(=O)(=O)N2CCCCC2)cn1. The zero-order valence-electron chi connectivity index (χ0n) is 15.2. The first-order valence-electron chi connectivity index (χ1n) is 9.06. The van der Waals surface area contributed by atoms with Gasteiger partial charge in [-0.3, -0.25) is 0 Å². The van der Waals surface area contributed by atoms with Crippen LogP contribution in [0.4, 0.5) is 5.82 Å². The average Bonchev–Trinajstić information content (AvgIpc) is 3.11. The normalized spacial score (nSPS) is 15.9. The van der Waals surface area contributed by atoms with Crippen molar-refractivity contribution in [1.29, 1.82) is 0 Å². The molecular weight excluding hydrogens is 380 g/mol. The summed E-state index contributed by atoms with van der Waals surface area (Å²) in [7, 11) is -1.50. The number of hydrogen-bond acceptors (Lipinski definition) is 6. The van der Waals surface area contributed by atoms with Gasteiger partial charge in [-0.2, -0.15) is 4.31 Å². The lowest BCUT2D eigenvalue weighted by atomic mass is 10.2. The summed E-state index contributed by atoms with van der Waals surface area (Å²) in [5, 5.41) is 1.01. The molecule has 1 fully saturated rings. The molecule has 0 aliphatic carbocycles. The van der Waals surface area contributed by atoms with Gasteiger partial charge in [-0.1, -0.05) is 18.6 Å². The van der Waals surface area contributed by atoms with Gasteiger partial charge in [-0.05, 0) is 37.1 Å². The Kier molecular flexibility index (Phi) is 5.12. The van der Waals surface area contributed by atoms with Crippen LogP contribution >= 0.6 is 11.3 Å². The molecule has 0 unspecified atom stereocenters. The highest BCUT2D eigenvalue weighted by atomic mass is 32.2. The van der Waals surface area contributed by atoms with E-state index in [9.17, 15) is 8.42 Å². The fraction of sp³-hybridized carbons (Fsp3) is 0.368. The maximum atomic E-state index is 12.7. The molecule has 4 rings (SSSR count). The highest BCUT2D eigenvalue weighted by Crippen LogP contribution is 2.25. The maximum absolute atomic E-state index is 12.7. The van der Waals surface area contributed by atoms with Crippen molar-refractivity contribution in [2.24, 2.45) is 0 Å². The van der Waals surface area contributed by atoms with E-state index >= 15 is 0 Å². The molecule has 0 saturated carbocycles. The Bertz CT molecular complexity index is 992. The van der Waals surface area contributed by atoms with Gasteiger partial charge >= 0.3 is 0 Å². The first kappa shape index (κ1) is 18.3. The third-order valence-corrected chi connectivity index (χ3v) is 7.68. The van der Waals surface area contributed by atoms with Crippen LogP contribution in [0.3, 0.4) is 0 Å². The molecule has 2 aromatic heterocycles. The van der Waals surface area contributed by atoms with E-state index in [0.29, 0.717) is 19.6 Å². The summed E-state index contributed by atoms with van der Waals surface area (Å²) < 4.78 is 28.2. The Labute approximate surface area is 163 Å². The Hall–Kier alpha value is -2.03. The Morgan fingerprint density at radius 2 is 1.89 bits per heavy atom. The highest BCUT2D eigenvalue weighted by molar-refractivity contribution is 7.89. The fourth-order valence-electron chi connectivity index (χ4n) is 3.28. The van der Waals surface area contributed by atoms with Crippen LogP contribution in [-0.2, 0) is 16.6 Å². The van der Waals surface area contributed by atoms with E-state index in [-0.39, 0.29) is 4.90 Å². The summed E-state index contributed by atoms with van der Waals surface area (Å²) in [6.07, 6.45) is 4.42. The fourth-order valence-corrected chi connectivity index (χ4v) is 5.76. The average molecular weight is 403 g/mol. The van der Waals surface area contributed by atoms with E-state index in [0.717, 1.165) is 40.3 Å². The van der Waals surface area contributed by atoms with Crippen LogP contribution in [0.25, 0.3) is 10.2 Å². The second kappa shape index (κ2) is 7.53. The molecule has 0 N–H and O–H groups in total. The number of hydrogen-bond donors (Lipinski definition) is 0. The maximum Gasteiger partial charge on any atom is 0.244 e. The van der Waals surface area contributed by atoms with Crippen LogP contribution in [-0.4, -0.2) is 42.8 Å². The number of anilines is 1. The molecule has 6 nitrogen and oxygen atoms in total. The highest BCUT2D eigenvalue weighted by Gasteiger charge is 2.26. The largest absolute Gasteiger partial charge is 0.353 e. The van der Waals surface area contributed by atoms with E-state index in [2.05, 4.69) is 16.0 Å². The zero-order chi connectivity index (χ0) is 18.9. The number of pyridine rings is 1. The lowest BCUT2D eigenvalue weighted by Gasteiger charge is -2.26. The molecule has 3 aromatic rings. The molecule has 1 aromatic carbocycles. The van der Waals surface area contributed by atoms with Gasteiger partial charge in [0.25, 0.3) is 0 Å². The van der Waals surface area contributed by atoms with Gasteiger partial charge < -0.3 is 4.90 Å². The summed E-state index contributed by atoms with van der Waals surface area (Å²) in [5.74, 6) is 0.729. The number of aromatic nitrogens is 2. The molecular formula is C19H22N4O2S2. The zero-order valence-corrected chi connectivity index (χ0v) is 16.8. The van der Waals surface area contributed by atoms with Crippen molar-refractivity contribution in [2.45, 2.75) is 30.7 Å². The minimum atomic E-state index is -3.44. The molecule has 0 radical (unpaired) electrons. The van der Waals surface area contributed by atoms with Gasteiger partial charge in [0.05, 0.1) is 16.8 Å². The molecule has 3 heterocycles. The third kappa shape index (κ3) is 3.83. The van der Waals surface area contributed by atoms with Crippen LogP contribution in [0, 0.1) is 0 Å². The van der Waals surface area contributed by atoms with E-state index in [1.807, 2.05) is 30.1 Å². The minimum Gasteiger partial charge on any atom is -0.353 e. The standard InChI is InChI=1S/C19H22N4O2S2/c1-22(14-19-21-16-7-3-4-8-17(16)26-19)18-10-9-15(13-20-18)27(24,25)23-11-5-2-6-12-23/h3-4,7-10,13H,2,5-6,11-12,14H2,1H3. The lowest BCUT2D eigenvalue weighted by Crippen LogP contribution is -2.35. The molecule has 1 aliphatic heterocycles. The van der Waals surface area contributed by atoms with E-state index in [1.165, 1.54) is 6.20 Å². The van der Waals surface area contributed by atoms with Crippen molar-refractivity contribution >= 4 is 37.4 Å². The van der Waals surface area contributed by atoms with Crippen molar-refractivity contribution in [3.63, 3.8) is 0 Å². The molecule has 0 amide bonds. The summed E-state index contributed by atoms with van der Waals surface area (Å²) in [6.45, 7) is 1.83. The Balaban J connectivity index is 1.49. The Morgan fingerprint density at radius 1 is 1.11 bits per heavy atom. The number of sulfonamides is 1. The van der Waals surface area contributed by atoms with Crippen LogP contribution in [0.15, 0.2) is 47.5 Å². The van der Waals surface area contributed by atoms with Gasteiger partial charge in [-0.25, -0.2) is 18.4 Å². The van der Waals surface area contributed by atoms with Gasteiger partial charge in [0.2, 0.25) is 10.0 Å². The predicted molar refractivity (Wildman–Crippen MR) is 109 cm³/mol.